The zero-order valence-electron chi connectivity index (χ0n) is 67.1. The van der Waals surface area contributed by atoms with Crippen molar-refractivity contribution in [3.63, 3.8) is 0 Å². The van der Waals surface area contributed by atoms with Gasteiger partial charge in [0.1, 0.15) is 66.5 Å². The fraction of sp³-hybridized carbons (Fsp3) is 0.356. The molecular weight excluding hydrogens is 1570 g/mol. The Morgan fingerprint density at radius 3 is 1.81 bits per heavy atom. The summed E-state index contributed by atoms with van der Waals surface area (Å²) >= 11 is 0. The second kappa shape index (κ2) is 41.4. The minimum Gasteiger partial charge on any atom is -0.497 e. The van der Waals surface area contributed by atoms with E-state index < -0.39 is 94.7 Å². The summed E-state index contributed by atoms with van der Waals surface area (Å²) in [7, 11) is 0.342. The van der Waals surface area contributed by atoms with Crippen LogP contribution in [0.4, 0.5) is 15.4 Å². The Balaban J connectivity index is 0.681. The van der Waals surface area contributed by atoms with Crippen molar-refractivity contribution in [1.29, 1.82) is 10.5 Å². The van der Waals surface area contributed by atoms with E-state index in [0.29, 0.717) is 22.6 Å². The molecule has 9 aromatic rings. The van der Waals surface area contributed by atoms with Gasteiger partial charge in [0.05, 0.1) is 90.8 Å². The highest BCUT2D eigenvalue weighted by Crippen LogP contribution is 2.53. The Labute approximate surface area is 690 Å². The summed E-state index contributed by atoms with van der Waals surface area (Å²) in [5.41, 5.74) is 5.03. The van der Waals surface area contributed by atoms with Crippen LogP contribution in [0.15, 0.2) is 209 Å². The first-order valence-electron chi connectivity index (χ1n) is 38.9. The van der Waals surface area contributed by atoms with Gasteiger partial charge in [-0.25, -0.2) is 23.8 Å². The fourth-order valence-corrected chi connectivity index (χ4v) is 17.1. The average Bonchev–Trinajstić information content (AvgIpc) is 1.51. The van der Waals surface area contributed by atoms with Gasteiger partial charge in [-0.2, -0.15) is 15.5 Å². The Kier molecular flexibility index (Phi) is 30.2. The maximum absolute atomic E-state index is 14.2. The smallest absolute Gasteiger partial charge is 0.497 e. The number of aromatic amines is 1. The number of hydrogen-bond acceptors (Lipinski definition) is 24. The summed E-state index contributed by atoms with van der Waals surface area (Å²) in [6, 6.07) is 59.0. The molecule has 30 nitrogen and oxygen atoms in total. The number of ether oxygens (including phenoxy) is 8. The molecule has 3 amide bonds. The number of likely N-dealkylation sites (N-methyl/N-ethyl adjacent to an activating group) is 1. The average molecular weight is 1660 g/mol. The van der Waals surface area contributed by atoms with Crippen LogP contribution in [-0.4, -0.2) is 157 Å². The van der Waals surface area contributed by atoms with Crippen LogP contribution in [0, 0.1) is 29.6 Å². The van der Waals surface area contributed by atoms with Gasteiger partial charge in [-0.3, -0.25) is 28.5 Å². The highest BCUT2D eigenvalue weighted by atomic mass is 31.2. The van der Waals surface area contributed by atoms with Crippen molar-refractivity contribution in [2.45, 2.75) is 134 Å². The lowest BCUT2D eigenvalue weighted by Gasteiger charge is -2.37. The van der Waals surface area contributed by atoms with Gasteiger partial charge in [0.15, 0.2) is 0 Å². The molecule has 2 aromatic heterocycles. The first-order valence-corrected chi connectivity index (χ1v) is 41.1. The van der Waals surface area contributed by atoms with E-state index in [9.17, 15) is 44.1 Å². The van der Waals surface area contributed by atoms with E-state index in [1.165, 1.54) is 44.6 Å². The van der Waals surface area contributed by atoms with E-state index in [-0.39, 0.29) is 131 Å². The molecule has 3 N–H and O–H groups in total. The number of carbonyl (C=O) groups excluding carboxylic acids is 4. The maximum Gasteiger partial charge on any atom is 0.513 e. The fourth-order valence-electron chi connectivity index (χ4n) is 14.2. The van der Waals surface area contributed by atoms with Crippen LogP contribution in [-0.2, 0) is 69.7 Å². The van der Waals surface area contributed by atoms with Crippen LogP contribution in [0.1, 0.15) is 127 Å². The molecule has 0 radical (unpaired) electrons. The molecule has 2 saturated heterocycles. The van der Waals surface area contributed by atoms with E-state index in [0.717, 1.165) is 38.9 Å². The normalized spacial score (nSPS) is 17.4. The quantitative estimate of drug-likeness (QED) is 0.0106. The molecule has 12 rings (SSSR count). The molecule has 0 spiro atoms. The minimum atomic E-state index is -2.46. The molecular formula is C87H94N10O20P2. The van der Waals surface area contributed by atoms with Crippen LogP contribution >= 0.6 is 17.1 Å². The maximum atomic E-state index is 14.2. The lowest BCUT2D eigenvalue weighted by atomic mass is 9.80. The molecule has 2 fully saturated rings. The van der Waals surface area contributed by atoms with E-state index in [1.807, 2.05) is 148 Å². The van der Waals surface area contributed by atoms with Crippen molar-refractivity contribution in [3.8, 4) is 40.5 Å². The van der Waals surface area contributed by atoms with E-state index in [1.54, 1.807) is 64.6 Å². The number of nitrogens with one attached hydrogen (secondary N) is 3. The highest BCUT2D eigenvalue weighted by molar-refractivity contribution is 7.44. The summed E-state index contributed by atoms with van der Waals surface area (Å²) in [6.45, 7) is 9.18. The molecule has 0 bridgehead atoms. The third kappa shape index (κ3) is 22.0. The first-order chi connectivity index (χ1) is 57.6. The number of amides is 3. The second-order valence-electron chi connectivity index (χ2n) is 28.8. The standard InChI is InChI=1S/C87H94N10O20P2/c1-56(2)97(57(3)4)118(110-45-16-41-88)116-73-49-79(115-76(73)55-112-119(111-46-17-42-89)117-74-50-80(96-52-58(5)81(99)93-84(96)102)114-75(74)54-109-87(62-18-10-9-11-19-62,63-30-36-65(105-7)37-31-63)64-32-38-66(106-8)39-33-64)95-43-40-77(92-83(95)101)91-82(100)61-28-24-60(25-29-61)51-90-78(98)48-59-26-34-67(35-27-59)113-86(104)107-47-44-94(6)85(103)108-53-72-70-22-14-12-20-68(70)69-21-13-15-23-71(69)72/h9-15,18-40,43,52,56-57,72-76,79-80H,16-17,44-51,53-55H2,1-8H3,(H,90,98)(H,93,99,102)(H,91,92,100,101)/t73-,74-,75+,76?,79+,80?,118?,119?/m0/s1. The number of nitriles is 2. The number of H-pyrrole nitrogens is 1. The lowest BCUT2D eigenvalue weighted by Crippen LogP contribution is -2.38. The number of anilines is 1. The SMILES string of the molecule is COc1ccc(C(OC[C@H]2OC(n3cc(C)c(=O)[nH]c3=O)C[C@@H]2OP(OCCC#N)OCC2O[C@@H](n3ccc(NC(=O)c4ccc(CNC(=O)Cc5ccc(OC(=O)OCCN(C)C(=O)OCC6c7ccccc7-c7ccccc76)cc5)cc4)nc3=O)C[C@@H]2OP(OCCC#N)N(C(C)C)C(C)C)(c2ccccc2)c2ccc(OC)cc2)cc1. The van der Waals surface area contributed by atoms with Gasteiger partial charge >= 0.3 is 32.2 Å². The van der Waals surface area contributed by atoms with Crippen molar-refractivity contribution < 1.29 is 79.7 Å². The van der Waals surface area contributed by atoms with Crippen molar-refractivity contribution in [1.82, 2.24) is 34.0 Å². The van der Waals surface area contributed by atoms with Gasteiger partial charge in [-0.1, -0.05) is 127 Å². The number of fused-ring (bicyclic) bond motifs is 3. The molecule has 4 heterocycles. The van der Waals surface area contributed by atoms with Gasteiger partial charge in [-0.05, 0) is 139 Å². The predicted octanol–water partition coefficient (Wildman–Crippen LogP) is 13.4. The zero-order chi connectivity index (χ0) is 84.1. The summed E-state index contributed by atoms with van der Waals surface area (Å²) in [5, 5.41) is 25.0. The summed E-state index contributed by atoms with van der Waals surface area (Å²) < 4.78 is 86.1. The molecule has 119 heavy (non-hydrogen) atoms. The van der Waals surface area contributed by atoms with Crippen LogP contribution in [0.25, 0.3) is 11.1 Å². The molecule has 0 saturated carbocycles. The van der Waals surface area contributed by atoms with Gasteiger partial charge in [-0.15, -0.1) is 0 Å². The van der Waals surface area contributed by atoms with Crippen molar-refractivity contribution >= 4 is 47.0 Å². The van der Waals surface area contributed by atoms with Crippen LogP contribution in [0.2, 0.25) is 0 Å². The molecule has 622 valence electrons. The predicted molar refractivity (Wildman–Crippen MR) is 440 cm³/mol. The number of carbonyl (C=O) groups is 4. The van der Waals surface area contributed by atoms with Gasteiger partial charge in [0.2, 0.25) is 5.91 Å². The lowest BCUT2D eigenvalue weighted by molar-refractivity contribution is -0.120. The number of aromatic nitrogens is 4. The minimum absolute atomic E-state index is 0.00588. The monoisotopic (exact) mass is 1660 g/mol. The molecule has 32 heteroatoms. The Morgan fingerprint density at radius 2 is 1.20 bits per heavy atom. The van der Waals surface area contributed by atoms with Crippen molar-refractivity contribution in [3.05, 3.63) is 276 Å². The Bertz CT molecular complexity index is 5120. The number of methoxy groups -OCH3 is 2. The summed E-state index contributed by atoms with van der Waals surface area (Å²) in [6.07, 6.45) is -4.48. The molecule has 3 aliphatic rings. The number of aryl methyl sites for hydroxylation is 1. The molecule has 4 unspecified atom stereocenters. The highest BCUT2D eigenvalue weighted by Gasteiger charge is 2.47. The third-order valence-electron chi connectivity index (χ3n) is 20.2. The first kappa shape index (κ1) is 87.0. The topological polar surface area (TPSA) is 356 Å². The van der Waals surface area contributed by atoms with Gasteiger partial charge in [0.25, 0.3) is 20.0 Å². The van der Waals surface area contributed by atoms with Crippen LogP contribution in [0.3, 0.4) is 0 Å². The molecule has 1 aliphatic carbocycles. The third-order valence-corrected chi connectivity index (χ3v) is 23.5. The van der Waals surface area contributed by atoms with Gasteiger partial charge < -0.3 is 76.0 Å². The number of rotatable bonds is 38. The number of benzene rings is 7. The number of hydrogen-bond donors (Lipinski definition) is 3. The molecule has 8 atom stereocenters. The van der Waals surface area contributed by atoms with Gasteiger partial charge in [0, 0.05) is 68.0 Å². The number of nitrogens with zero attached hydrogens (tertiary/aromatic N) is 7. The summed E-state index contributed by atoms with van der Waals surface area (Å²) in [4.78, 5) is 101. The largest absolute Gasteiger partial charge is 0.513 e. The second-order valence-corrected chi connectivity index (χ2v) is 31.4. The van der Waals surface area contributed by atoms with Crippen molar-refractivity contribution in [2.24, 2.45) is 0 Å². The van der Waals surface area contributed by atoms with Crippen LogP contribution in [0.5, 0.6) is 17.2 Å². The van der Waals surface area contributed by atoms with Crippen molar-refractivity contribution in [2.75, 3.05) is 72.8 Å². The zero-order valence-corrected chi connectivity index (χ0v) is 68.8. The Morgan fingerprint density at radius 1 is 0.639 bits per heavy atom. The van der Waals surface area contributed by atoms with E-state index in [4.69, 9.17) is 60.5 Å². The Hall–Kier alpha value is -11.3. The molecule has 2 aliphatic heterocycles. The molecule has 7 aromatic carbocycles. The summed E-state index contributed by atoms with van der Waals surface area (Å²) in [5.74, 6) is 0.377. The van der Waals surface area contributed by atoms with E-state index >= 15 is 0 Å². The van der Waals surface area contributed by atoms with E-state index in [2.05, 4.69) is 44.9 Å². The van der Waals surface area contributed by atoms with Crippen LogP contribution < -0.4 is 41.8 Å².